The van der Waals surface area contributed by atoms with Crippen molar-refractivity contribution in [2.45, 2.75) is 26.4 Å². The summed E-state index contributed by atoms with van der Waals surface area (Å²) in [6.07, 6.45) is 0. The number of amides is 5. The first-order valence-electron chi connectivity index (χ1n) is 9.24. The average Bonchev–Trinajstić information content (AvgIpc) is 2.86. The lowest BCUT2D eigenvalue weighted by Crippen LogP contribution is -2.40. The van der Waals surface area contributed by atoms with E-state index in [9.17, 15) is 19.2 Å². The summed E-state index contributed by atoms with van der Waals surface area (Å²) in [4.78, 5) is 52.5. The Hall–Kier alpha value is -2.39. The fraction of sp³-hybridized carbons (Fsp3) is 0.474. The van der Waals surface area contributed by atoms with Crippen LogP contribution >= 0.6 is 11.8 Å². The van der Waals surface area contributed by atoms with Gasteiger partial charge in [0.25, 0.3) is 0 Å². The van der Waals surface area contributed by atoms with Crippen LogP contribution < -0.4 is 5.32 Å². The standard InChI is InChI=1S/C19H24N4O4S/c1-13(2)23-18(26)17(25)22(19(23)27)12-16(24)20-15-5-3-4-14(10-15)11-21-6-8-28-9-7-21/h3-5,10,13H,6-9,11-12H2,1-2H3,(H,20,24). The molecule has 2 aliphatic rings. The molecule has 2 aliphatic heterocycles. The van der Waals surface area contributed by atoms with Crippen molar-refractivity contribution in [3.05, 3.63) is 29.8 Å². The number of urea groups is 1. The molecule has 9 heteroatoms. The average molecular weight is 404 g/mol. The van der Waals surface area contributed by atoms with Crippen LogP contribution in [-0.4, -0.2) is 75.6 Å². The Bertz CT molecular complexity index is 792. The van der Waals surface area contributed by atoms with Crippen LogP contribution in [0.1, 0.15) is 19.4 Å². The van der Waals surface area contributed by atoms with Gasteiger partial charge in [0.1, 0.15) is 6.54 Å². The summed E-state index contributed by atoms with van der Waals surface area (Å²) in [6.45, 7) is 5.69. The first kappa shape index (κ1) is 20.3. The Balaban J connectivity index is 1.60. The number of nitrogens with zero attached hydrogens (tertiary/aromatic N) is 3. The molecule has 0 unspecified atom stereocenters. The van der Waals surface area contributed by atoms with E-state index in [1.807, 2.05) is 30.0 Å². The van der Waals surface area contributed by atoms with Gasteiger partial charge >= 0.3 is 17.8 Å². The fourth-order valence-electron chi connectivity index (χ4n) is 3.23. The smallest absolute Gasteiger partial charge is 0.325 e. The summed E-state index contributed by atoms with van der Waals surface area (Å²) >= 11 is 1.95. The molecule has 5 amide bonds. The molecule has 0 aliphatic carbocycles. The van der Waals surface area contributed by atoms with Crippen molar-refractivity contribution < 1.29 is 19.2 Å². The summed E-state index contributed by atoms with van der Waals surface area (Å²) < 4.78 is 0. The zero-order chi connectivity index (χ0) is 20.3. The van der Waals surface area contributed by atoms with Gasteiger partial charge in [-0.15, -0.1) is 0 Å². The van der Waals surface area contributed by atoms with E-state index in [0.717, 1.165) is 41.6 Å². The minimum Gasteiger partial charge on any atom is -0.325 e. The van der Waals surface area contributed by atoms with E-state index in [-0.39, 0.29) is 0 Å². The van der Waals surface area contributed by atoms with Gasteiger partial charge < -0.3 is 5.32 Å². The van der Waals surface area contributed by atoms with Gasteiger partial charge in [-0.2, -0.15) is 11.8 Å². The second-order valence-electron chi connectivity index (χ2n) is 7.08. The summed E-state index contributed by atoms with van der Waals surface area (Å²) in [6, 6.07) is 6.31. The highest BCUT2D eigenvalue weighted by Crippen LogP contribution is 2.18. The number of carbonyl (C=O) groups excluding carboxylic acids is 4. The highest BCUT2D eigenvalue weighted by Gasteiger charge is 2.46. The van der Waals surface area contributed by atoms with Crippen LogP contribution in [0.25, 0.3) is 0 Å². The van der Waals surface area contributed by atoms with Crippen LogP contribution in [0.15, 0.2) is 24.3 Å². The number of hydrogen-bond acceptors (Lipinski definition) is 6. The number of rotatable bonds is 6. The van der Waals surface area contributed by atoms with Crippen LogP contribution in [-0.2, 0) is 20.9 Å². The highest BCUT2D eigenvalue weighted by molar-refractivity contribution is 7.99. The van der Waals surface area contributed by atoms with Crippen molar-refractivity contribution in [3.63, 3.8) is 0 Å². The topological polar surface area (TPSA) is 90.0 Å². The second kappa shape index (κ2) is 8.74. The molecule has 0 aromatic heterocycles. The predicted octanol–water partition coefficient (Wildman–Crippen LogP) is 1.37. The van der Waals surface area contributed by atoms with Crippen molar-refractivity contribution in [1.29, 1.82) is 0 Å². The number of thioether (sulfide) groups is 1. The molecule has 28 heavy (non-hydrogen) atoms. The number of carbonyl (C=O) groups is 4. The van der Waals surface area contributed by atoms with Crippen LogP contribution in [0.3, 0.4) is 0 Å². The molecule has 1 N–H and O–H groups in total. The molecule has 1 aromatic carbocycles. The molecule has 2 heterocycles. The van der Waals surface area contributed by atoms with Gasteiger partial charge in [0.2, 0.25) is 5.91 Å². The molecule has 0 atom stereocenters. The maximum absolute atomic E-state index is 12.3. The molecule has 0 radical (unpaired) electrons. The predicted molar refractivity (Wildman–Crippen MR) is 107 cm³/mol. The van der Waals surface area contributed by atoms with Crippen molar-refractivity contribution in [2.75, 3.05) is 36.5 Å². The molecule has 2 saturated heterocycles. The van der Waals surface area contributed by atoms with Gasteiger partial charge in [0.15, 0.2) is 0 Å². The van der Waals surface area contributed by atoms with Gasteiger partial charge in [0, 0.05) is 42.9 Å². The van der Waals surface area contributed by atoms with Gasteiger partial charge in [-0.25, -0.2) is 9.69 Å². The van der Waals surface area contributed by atoms with Crippen molar-refractivity contribution >= 4 is 41.2 Å². The largest absolute Gasteiger partial charge is 0.334 e. The molecular weight excluding hydrogens is 380 g/mol. The summed E-state index contributed by atoms with van der Waals surface area (Å²) in [7, 11) is 0. The van der Waals surface area contributed by atoms with Crippen LogP contribution in [0.2, 0.25) is 0 Å². The zero-order valence-corrected chi connectivity index (χ0v) is 16.8. The molecular formula is C19H24N4O4S. The number of nitrogens with one attached hydrogen (secondary N) is 1. The third-order valence-corrected chi connectivity index (χ3v) is 5.57. The molecule has 0 bridgehead atoms. The maximum Gasteiger partial charge on any atom is 0.334 e. The molecule has 0 saturated carbocycles. The normalized spacial score (nSPS) is 18.3. The Kier molecular flexibility index (Phi) is 6.35. The lowest BCUT2D eigenvalue weighted by Gasteiger charge is -2.26. The minimum absolute atomic E-state index is 0.443. The first-order chi connectivity index (χ1) is 13.4. The lowest BCUT2D eigenvalue weighted by molar-refractivity contribution is -0.144. The van der Waals surface area contributed by atoms with E-state index in [1.165, 1.54) is 0 Å². The molecule has 3 rings (SSSR count). The van der Waals surface area contributed by atoms with Gasteiger partial charge in [-0.3, -0.25) is 24.2 Å². The number of hydrogen-bond donors (Lipinski definition) is 1. The lowest BCUT2D eigenvalue weighted by atomic mass is 10.2. The van der Waals surface area contributed by atoms with Crippen LogP contribution in [0, 0.1) is 0 Å². The van der Waals surface area contributed by atoms with E-state index in [1.54, 1.807) is 19.9 Å². The van der Waals surface area contributed by atoms with E-state index in [0.29, 0.717) is 10.6 Å². The van der Waals surface area contributed by atoms with Crippen LogP contribution in [0.4, 0.5) is 10.5 Å². The number of imide groups is 2. The van der Waals surface area contributed by atoms with E-state index in [4.69, 9.17) is 0 Å². The SMILES string of the molecule is CC(C)N1C(=O)C(=O)N(CC(=O)Nc2cccc(CN3CCSCC3)c2)C1=O. The van der Waals surface area contributed by atoms with E-state index < -0.39 is 36.3 Å². The molecule has 1 aromatic rings. The van der Waals surface area contributed by atoms with E-state index >= 15 is 0 Å². The third-order valence-electron chi connectivity index (χ3n) is 4.62. The van der Waals surface area contributed by atoms with Gasteiger partial charge in [-0.1, -0.05) is 12.1 Å². The third kappa shape index (κ3) is 4.53. The van der Waals surface area contributed by atoms with Gasteiger partial charge in [-0.05, 0) is 31.5 Å². The second-order valence-corrected chi connectivity index (χ2v) is 8.30. The van der Waals surface area contributed by atoms with E-state index in [2.05, 4.69) is 10.2 Å². The Morgan fingerprint density at radius 1 is 1.14 bits per heavy atom. The number of anilines is 1. The van der Waals surface area contributed by atoms with Crippen molar-refractivity contribution in [2.24, 2.45) is 0 Å². The Labute approximate surface area is 168 Å². The molecule has 2 fully saturated rings. The quantitative estimate of drug-likeness (QED) is 0.569. The molecule has 0 spiro atoms. The van der Waals surface area contributed by atoms with Crippen molar-refractivity contribution in [3.8, 4) is 0 Å². The monoisotopic (exact) mass is 404 g/mol. The Morgan fingerprint density at radius 2 is 1.86 bits per heavy atom. The zero-order valence-electron chi connectivity index (χ0n) is 16.0. The fourth-order valence-corrected chi connectivity index (χ4v) is 4.20. The van der Waals surface area contributed by atoms with Crippen LogP contribution in [0.5, 0.6) is 0 Å². The van der Waals surface area contributed by atoms with Crippen molar-refractivity contribution in [1.82, 2.24) is 14.7 Å². The summed E-state index contributed by atoms with van der Waals surface area (Å²) in [5.41, 5.74) is 1.68. The molecule has 8 nitrogen and oxygen atoms in total. The minimum atomic E-state index is -0.967. The first-order valence-corrected chi connectivity index (χ1v) is 10.4. The summed E-state index contributed by atoms with van der Waals surface area (Å²) in [5, 5.41) is 2.71. The Morgan fingerprint density at radius 3 is 2.50 bits per heavy atom. The maximum atomic E-state index is 12.3. The van der Waals surface area contributed by atoms with Gasteiger partial charge in [0.05, 0.1) is 0 Å². The molecule has 150 valence electrons. The summed E-state index contributed by atoms with van der Waals surface area (Å²) in [5.74, 6) is -0.132. The number of benzene rings is 1. The highest BCUT2D eigenvalue weighted by atomic mass is 32.2.